The maximum atomic E-state index is 11.6. The van der Waals surface area contributed by atoms with Gasteiger partial charge in [-0.15, -0.1) is 0 Å². The number of carbonyl (C=O) groups excluding carboxylic acids is 1. The number of ether oxygens (including phenoxy) is 4. The number of aldehydes is 1. The lowest BCUT2D eigenvalue weighted by Gasteiger charge is -2.26. The van der Waals surface area contributed by atoms with E-state index in [9.17, 15) is 4.79 Å². The zero-order valence-corrected chi connectivity index (χ0v) is 20.5. The van der Waals surface area contributed by atoms with Crippen molar-refractivity contribution in [1.29, 1.82) is 0 Å². The van der Waals surface area contributed by atoms with Crippen LogP contribution < -0.4 is 0 Å². The highest BCUT2D eigenvalue weighted by molar-refractivity contribution is 9.10. The summed E-state index contributed by atoms with van der Waals surface area (Å²) >= 11 is 3.46. The molecule has 3 aromatic rings. The van der Waals surface area contributed by atoms with Gasteiger partial charge in [-0.05, 0) is 16.7 Å². The molecule has 0 N–H and O–H groups in total. The van der Waals surface area contributed by atoms with Gasteiger partial charge in [0.2, 0.25) is 0 Å². The monoisotopic (exact) mass is 524 g/mol. The zero-order valence-electron chi connectivity index (χ0n) is 18.9. The number of benzene rings is 3. The minimum absolute atomic E-state index is 0.328. The van der Waals surface area contributed by atoms with Gasteiger partial charge in [0, 0.05) is 0 Å². The highest BCUT2D eigenvalue weighted by Gasteiger charge is 2.49. The number of hydrogen-bond acceptors (Lipinski definition) is 5. The van der Waals surface area contributed by atoms with E-state index in [1.165, 1.54) is 0 Å². The molecule has 34 heavy (non-hydrogen) atoms. The van der Waals surface area contributed by atoms with Crippen molar-refractivity contribution in [2.75, 3.05) is 6.61 Å². The number of alkyl halides is 1. The predicted molar refractivity (Wildman–Crippen MR) is 134 cm³/mol. The number of halogens is 1. The summed E-state index contributed by atoms with van der Waals surface area (Å²) in [6.45, 7) is 1.61. The third-order valence-corrected chi connectivity index (χ3v) is 6.49. The van der Waals surface area contributed by atoms with Gasteiger partial charge in [0.05, 0.1) is 31.3 Å². The highest BCUT2D eigenvalue weighted by Crippen LogP contribution is 2.32. The molecule has 0 aliphatic carbocycles. The summed E-state index contributed by atoms with van der Waals surface area (Å²) < 4.78 is 25.0. The van der Waals surface area contributed by atoms with Gasteiger partial charge in [-0.2, -0.15) is 0 Å². The topological polar surface area (TPSA) is 54.0 Å². The molecule has 0 bridgehead atoms. The molecule has 6 heteroatoms. The second-order valence-corrected chi connectivity index (χ2v) is 9.30. The summed E-state index contributed by atoms with van der Waals surface area (Å²) in [5.41, 5.74) is 3.19. The summed E-state index contributed by atoms with van der Waals surface area (Å²) in [7, 11) is 0. The van der Waals surface area contributed by atoms with E-state index in [0.29, 0.717) is 26.4 Å². The smallest absolute Gasteiger partial charge is 0.136 e. The summed E-state index contributed by atoms with van der Waals surface area (Å²) in [6.07, 6.45) is -0.871. The first-order chi connectivity index (χ1) is 16.7. The SMILES string of the molecule is O=CC(Br)C1O[C@H](COCc2ccccc2)[C@@H](OCc2ccccc2)[C@H]1OCc1ccccc1. The van der Waals surface area contributed by atoms with Gasteiger partial charge >= 0.3 is 0 Å². The summed E-state index contributed by atoms with van der Waals surface area (Å²) in [4.78, 5) is 11.1. The molecule has 0 amide bonds. The van der Waals surface area contributed by atoms with Crippen LogP contribution in [0.3, 0.4) is 0 Å². The van der Waals surface area contributed by atoms with E-state index in [4.69, 9.17) is 18.9 Å². The molecule has 178 valence electrons. The molecule has 0 spiro atoms. The fourth-order valence-electron chi connectivity index (χ4n) is 4.02. The van der Waals surface area contributed by atoms with Crippen molar-refractivity contribution in [3.05, 3.63) is 108 Å². The Morgan fingerprint density at radius 1 is 0.735 bits per heavy atom. The Kier molecular flexibility index (Phi) is 9.42. The van der Waals surface area contributed by atoms with Crippen LogP contribution in [0.15, 0.2) is 91.0 Å². The molecule has 3 aromatic carbocycles. The van der Waals surface area contributed by atoms with E-state index in [-0.39, 0.29) is 6.10 Å². The van der Waals surface area contributed by atoms with Gasteiger partial charge in [-0.25, -0.2) is 0 Å². The summed E-state index contributed by atoms with van der Waals surface area (Å²) in [5, 5.41) is 0. The maximum Gasteiger partial charge on any atom is 0.136 e. The fraction of sp³-hybridized carbons (Fsp3) is 0.321. The normalized spacial score (nSPS) is 23.0. The predicted octanol–water partition coefficient (Wildman–Crippen LogP) is 5.10. The molecule has 0 saturated carbocycles. The van der Waals surface area contributed by atoms with Crippen molar-refractivity contribution >= 4 is 22.2 Å². The van der Waals surface area contributed by atoms with Crippen LogP contribution in [0.5, 0.6) is 0 Å². The quantitative estimate of drug-likeness (QED) is 0.243. The van der Waals surface area contributed by atoms with Crippen LogP contribution in [0.25, 0.3) is 0 Å². The van der Waals surface area contributed by atoms with Crippen LogP contribution >= 0.6 is 15.9 Å². The lowest BCUT2D eigenvalue weighted by Crippen LogP contribution is -2.41. The molecule has 4 rings (SSSR count). The molecule has 1 fully saturated rings. The fourth-order valence-corrected chi connectivity index (χ4v) is 4.44. The lowest BCUT2D eigenvalue weighted by molar-refractivity contribution is -0.112. The zero-order chi connectivity index (χ0) is 23.6. The molecule has 1 aliphatic rings. The van der Waals surface area contributed by atoms with Gasteiger partial charge in [0.1, 0.15) is 30.7 Å². The Balaban J connectivity index is 1.48. The molecular formula is C28H29BrO5. The first kappa shape index (κ1) is 24.8. The van der Waals surface area contributed by atoms with E-state index in [1.54, 1.807) is 0 Å². The first-order valence-electron chi connectivity index (χ1n) is 11.4. The van der Waals surface area contributed by atoms with Crippen LogP contribution in [0, 0.1) is 0 Å². The molecule has 5 atom stereocenters. The van der Waals surface area contributed by atoms with Crippen LogP contribution in [-0.2, 0) is 43.6 Å². The average molecular weight is 525 g/mol. The Labute approximate surface area is 209 Å². The van der Waals surface area contributed by atoms with E-state index in [2.05, 4.69) is 15.9 Å². The first-order valence-corrected chi connectivity index (χ1v) is 12.3. The van der Waals surface area contributed by atoms with Gasteiger partial charge in [0.25, 0.3) is 0 Å². The highest BCUT2D eigenvalue weighted by atomic mass is 79.9. The Morgan fingerprint density at radius 3 is 1.71 bits per heavy atom. The van der Waals surface area contributed by atoms with E-state index in [0.717, 1.165) is 23.0 Å². The summed E-state index contributed by atoms with van der Waals surface area (Å²) in [6, 6.07) is 29.9. The van der Waals surface area contributed by atoms with Crippen molar-refractivity contribution in [1.82, 2.24) is 0 Å². The van der Waals surface area contributed by atoms with Crippen molar-refractivity contribution < 1.29 is 23.7 Å². The molecule has 5 nitrogen and oxygen atoms in total. The molecule has 0 aromatic heterocycles. The molecule has 1 saturated heterocycles. The van der Waals surface area contributed by atoms with E-state index >= 15 is 0 Å². The van der Waals surface area contributed by atoms with Gasteiger partial charge in [-0.3, -0.25) is 0 Å². The van der Waals surface area contributed by atoms with Crippen LogP contribution in [0.2, 0.25) is 0 Å². The molecule has 0 radical (unpaired) electrons. The van der Waals surface area contributed by atoms with Gasteiger partial charge in [0.15, 0.2) is 0 Å². The number of rotatable bonds is 12. The second kappa shape index (κ2) is 12.9. The van der Waals surface area contributed by atoms with Crippen molar-refractivity contribution in [3.8, 4) is 0 Å². The van der Waals surface area contributed by atoms with E-state index < -0.39 is 23.1 Å². The van der Waals surface area contributed by atoms with Gasteiger partial charge < -0.3 is 23.7 Å². The molecule has 1 aliphatic heterocycles. The maximum absolute atomic E-state index is 11.6. The van der Waals surface area contributed by atoms with Gasteiger partial charge in [-0.1, -0.05) is 107 Å². The van der Waals surface area contributed by atoms with Crippen molar-refractivity contribution in [3.63, 3.8) is 0 Å². The largest absolute Gasteiger partial charge is 0.374 e. The van der Waals surface area contributed by atoms with Crippen LogP contribution in [-0.4, -0.2) is 42.1 Å². The minimum Gasteiger partial charge on any atom is -0.374 e. The van der Waals surface area contributed by atoms with Crippen molar-refractivity contribution in [2.45, 2.75) is 49.1 Å². The second-order valence-electron chi connectivity index (χ2n) is 8.24. The Hall–Kier alpha value is -2.35. The van der Waals surface area contributed by atoms with E-state index in [1.807, 2.05) is 91.0 Å². The average Bonchev–Trinajstić information content (AvgIpc) is 3.24. The number of carbonyl (C=O) groups is 1. The van der Waals surface area contributed by atoms with Crippen LogP contribution in [0.1, 0.15) is 16.7 Å². The molecule has 1 heterocycles. The van der Waals surface area contributed by atoms with Crippen molar-refractivity contribution in [2.24, 2.45) is 0 Å². The third kappa shape index (κ3) is 6.84. The Bertz CT molecular complexity index is 985. The molecule has 2 unspecified atom stereocenters. The number of hydrogen-bond donors (Lipinski definition) is 0. The minimum atomic E-state index is -0.518. The van der Waals surface area contributed by atoms with Crippen LogP contribution in [0.4, 0.5) is 0 Å². The standard InChI is InChI=1S/C28H29BrO5/c29-24(16-30)26-28(33-19-23-14-8-3-9-15-23)27(32-18-22-12-6-2-7-13-22)25(34-26)20-31-17-21-10-4-1-5-11-21/h1-16,24-28H,17-20H2/t24?,25-,26?,27-,28+/m1/s1. The molecular weight excluding hydrogens is 496 g/mol. The Morgan fingerprint density at radius 2 is 1.21 bits per heavy atom. The summed E-state index contributed by atoms with van der Waals surface area (Å²) in [5.74, 6) is 0. The lowest BCUT2D eigenvalue weighted by atomic mass is 10.1. The third-order valence-electron chi connectivity index (χ3n) is 5.75.